The Morgan fingerprint density at radius 1 is 0.792 bits per heavy atom. The van der Waals surface area contributed by atoms with Gasteiger partial charge in [0.25, 0.3) is 0 Å². The van der Waals surface area contributed by atoms with Crippen LogP contribution in [0.4, 0.5) is 5.69 Å². The quantitative estimate of drug-likeness (QED) is 0.731. The number of carbonyl (C=O) groups is 2. The first-order valence-electron chi connectivity index (χ1n) is 8.74. The molecule has 1 aromatic carbocycles. The van der Waals surface area contributed by atoms with Gasteiger partial charge in [-0.2, -0.15) is 0 Å². The summed E-state index contributed by atoms with van der Waals surface area (Å²) in [4.78, 5) is 30.6. The van der Waals surface area contributed by atoms with E-state index in [1.807, 2.05) is 24.3 Å². The molecule has 2 saturated heterocycles. The number of rotatable bonds is 1. The summed E-state index contributed by atoms with van der Waals surface area (Å²) in [5, 5.41) is 0.711. The third kappa shape index (κ3) is 4.01. The van der Waals surface area contributed by atoms with Gasteiger partial charge in [-0.15, -0.1) is 0 Å². The van der Waals surface area contributed by atoms with E-state index in [4.69, 9.17) is 11.6 Å². The van der Waals surface area contributed by atoms with Crippen molar-refractivity contribution >= 4 is 29.1 Å². The molecule has 2 heterocycles. The first-order valence-corrected chi connectivity index (χ1v) is 9.11. The topological polar surface area (TPSA) is 43.9 Å². The molecule has 2 amide bonds. The lowest BCUT2D eigenvalue weighted by Crippen LogP contribution is -2.53. The van der Waals surface area contributed by atoms with Crippen LogP contribution in [0.5, 0.6) is 0 Å². The lowest BCUT2D eigenvalue weighted by Gasteiger charge is -2.36. The van der Waals surface area contributed by atoms with E-state index < -0.39 is 0 Å². The summed E-state index contributed by atoms with van der Waals surface area (Å²) >= 11 is 6.04. The lowest BCUT2D eigenvalue weighted by atomic mass is 10.2. The number of hydrogen-bond acceptors (Lipinski definition) is 3. The van der Waals surface area contributed by atoms with Crippen LogP contribution in [0.2, 0.25) is 5.02 Å². The number of benzene rings is 1. The highest BCUT2D eigenvalue weighted by Crippen LogP contribution is 2.21. The van der Waals surface area contributed by atoms with Crippen LogP contribution in [-0.4, -0.2) is 60.9 Å². The molecule has 2 fully saturated rings. The molecule has 0 unspecified atom stereocenters. The van der Waals surface area contributed by atoms with Crippen molar-refractivity contribution < 1.29 is 9.59 Å². The van der Waals surface area contributed by atoms with Gasteiger partial charge in [-0.1, -0.05) is 30.5 Å². The summed E-state index contributed by atoms with van der Waals surface area (Å²) in [6, 6.07) is 7.73. The van der Waals surface area contributed by atoms with E-state index >= 15 is 0 Å². The van der Waals surface area contributed by atoms with Crippen molar-refractivity contribution in [2.45, 2.75) is 25.7 Å². The minimum atomic E-state index is -0.345. The van der Waals surface area contributed by atoms with Crippen LogP contribution < -0.4 is 4.90 Å². The molecule has 5 nitrogen and oxygen atoms in total. The van der Waals surface area contributed by atoms with Gasteiger partial charge in [-0.05, 0) is 31.0 Å². The average Bonchev–Trinajstić information content (AvgIpc) is 2.90. The third-order valence-corrected chi connectivity index (χ3v) is 5.05. The Bertz CT molecular complexity index is 592. The van der Waals surface area contributed by atoms with Gasteiger partial charge in [0, 0.05) is 50.0 Å². The zero-order chi connectivity index (χ0) is 16.9. The van der Waals surface area contributed by atoms with Crippen LogP contribution in [0.25, 0.3) is 0 Å². The highest BCUT2D eigenvalue weighted by molar-refractivity contribution is 6.35. The van der Waals surface area contributed by atoms with Crippen LogP contribution in [0.15, 0.2) is 24.3 Å². The van der Waals surface area contributed by atoms with Crippen LogP contribution in [-0.2, 0) is 9.59 Å². The lowest BCUT2D eigenvalue weighted by molar-refractivity contribution is -0.152. The van der Waals surface area contributed by atoms with Crippen molar-refractivity contribution in [2.75, 3.05) is 44.2 Å². The molecule has 0 saturated carbocycles. The second kappa shape index (κ2) is 7.88. The number of amides is 2. The molecule has 0 bridgehead atoms. The molecular weight excluding hydrogens is 326 g/mol. The normalized spacial score (nSPS) is 19.1. The van der Waals surface area contributed by atoms with E-state index in [9.17, 15) is 9.59 Å². The molecule has 1 aromatic rings. The summed E-state index contributed by atoms with van der Waals surface area (Å²) in [6.45, 7) is 4.02. The van der Waals surface area contributed by atoms with Crippen molar-refractivity contribution in [3.63, 3.8) is 0 Å². The molecule has 3 rings (SSSR count). The first-order chi connectivity index (χ1) is 11.6. The van der Waals surface area contributed by atoms with Crippen molar-refractivity contribution in [2.24, 2.45) is 0 Å². The molecular formula is C18H24ClN3O2. The molecule has 0 aromatic heterocycles. The number of piperazine rings is 1. The van der Waals surface area contributed by atoms with Gasteiger partial charge < -0.3 is 14.7 Å². The second-order valence-electron chi connectivity index (χ2n) is 6.47. The molecule has 2 aliphatic heterocycles. The van der Waals surface area contributed by atoms with Gasteiger partial charge in [0.2, 0.25) is 0 Å². The molecule has 0 radical (unpaired) electrons. The standard InChI is InChI=1S/C18H24ClN3O2/c19-15-6-5-7-16(14-15)20-10-12-22(13-11-20)18(24)17(23)21-8-3-1-2-4-9-21/h5-7,14H,1-4,8-13H2. The number of likely N-dealkylation sites (tertiary alicyclic amines) is 1. The Balaban J connectivity index is 1.55. The van der Waals surface area contributed by atoms with E-state index in [2.05, 4.69) is 4.90 Å². The summed E-state index contributed by atoms with van der Waals surface area (Å²) in [7, 11) is 0. The molecule has 130 valence electrons. The van der Waals surface area contributed by atoms with Crippen molar-refractivity contribution in [1.29, 1.82) is 0 Å². The van der Waals surface area contributed by atoms with E-state index in [1.165, 1.54) is 0 Å². The largest absolute Gasteiger partial charge is 0.368 e. The Kier molecular flexibility index (Phi) is 5.61. The fourth-order valence-electron chi connectivity index (χ4n) is 3.38. The van der Waals surface area contributed by atoms with Gasteiger partial charge >= 0.3 is 11.8 Å². The van der Waals surface area contributed by atoms with E-state index in [0.29, 0.717) is 31.2 Å². The maximum atomic E-state index is 12.5. The predicted octanol–water partition coefficient (Wildman–Crippen LogP) is 2.39. The van der Waals surface area contributed by atoms with Crippen LogP contribution in [0.3, 0.4) is 0 Å². The maximum absolute atomic E-state index is 12.5. The minimum Gasteiger partial charge on any atom is -0.368 e. The zero-order valence-electron chi connectivity index (χ0n) is 13.9. The summed E-state index contributed by atoms with van der Waals surface area (Å²) in [5.74, 6) is -0.671. The smallest absolute Gasteiger partial charge is 0.312 e. The fourth-order valence-corrected chi connectivity index (χ4v) is 3.57. The number of carbonyl (C=O) groups excluding carboxylic acids is 2. The zero-order valence-corrected chi connectivity index (χ0v) is 14.7. The van der Waals surface area contributed by atoms with Crippen molar-refractivity contribution in [3.05, 3.63) is 29.3 Å². The van der Waals surface area contributed by atoms with Gasteiger partial charge in [-0.25, -0.2) is 0 Å². The maximum Gasteiger partial charge on any atom is 0.312 e. The average molecular weight is 350 g/mol. The highest BCUT2D eigenvalue weighted by Gasteiger charge is 2.29. The number of anilines is 1. The van der Waals surface area contributed by atoms with E-state index in [-0.39, 0.29) is 11.8 Å². The molecule has 2 aliphatic rings. The van der Waals surface area contributed by atoms with E-state index in [0.717, 1.165) is 44.5 Å². The number of nitrogens with zero attached hydrogens (tertiary/aromatic N) is 3. The van der Waals surface area contributed by atoms with E-state index in [1.54, 1.807) is 9.80 Å². The predicted molar refractivity (Wildman–Crippen MR) is 95.3 cm³/mol. The Morgan fingerprint density at radius 2 is 1.38 bits per heavy atom. The van der Waals surface area contributed by atoms with Crippen molar-refractivity contribution in [3.8, 4) is 0 Å². The summed E-state index contributed by atoms with van der Waals surface area (Å²) in [5.41, 5.74) is 1.06. The van der Waals surface area contributed by atoms with Crippen LogP contribution in [0.1, 0.15) is 25.7 Å². The van der Waals surface area contributed by atoms with Crippen LogP contribution >= 0.6 is 11.6 Å². The third-order valence-electron chi connectivity index (χ3n) is 4.82. The number of hydrogen-bond donors (Lipinski definition) is 0. The van der Waals surface area contributed by atoms with Gasteiger partial charge in [0.1, 0.15) is 0 Å². The molecule has 0 spiro atoms. The minimum absolute atomic E-state index is 0.326. The Morgan fingerprint density at radius 3 is 1.96 bits per heavy atom. The molecule has 0 atom stereocenters. The molecule has 6 heteroatoms. The fraction of sp³-hybridized carbons (Fsp3) is 0.556. The Hall–Kier alpha value is -1.75. The molecule has 0 aliphatic carbocycles. The van der Waals surface area contributed by atoms with Crippen molar-refractivity contribution in [1.82, 2.24) is 9.80 Å². The highest BCUT2D eigenvalue weighted by atomic mass is 35.5. The van der Waals surface area contributed by atoms with Gasteiger partial charge in [0.05, 0.1) is 0 Å². The van der Waals surface area contributed by atoms with Gasteiger partial charge in [-0.3, -0.25) is 9.59 Å². The number of halogens is 1. The summed E-state index contributed by atoms with van der Waals surface area (Å²) in [6.07, 6.45) is 4.30. The SMILES string of the molecule is O=C(C(=O)N1CCN(c2cccc(Cl)c2)CC1)N1CCCCCC1. The molecule has 24 heavy (non-hydrogen) atoms. The monoisotopic (exact) mass is 349 g/mol. The van der Waals surface area contributed by atoms with Crippen LogP contribution in [0, 0.1) is 0 Å². The molecule has 0 N–H and O–H groups in total. The van der Waals surface area contributed by atoms with Gasteiger partial charge in [0.15, 0.2) is 0 Å². The first kappa shape index (κ1) is 17.1. The Labute approximate surface area is 148 Å². The summed E-state index contributed by atoms with van der Waals surface area (Å²) < 4.78 is 0. The second-order valence-corrected chi connectivity index (χ2v) is 6.90.